The number of anilines is 1. The van der Waals surface area contributed by atoms with Crippen LogP contribution in [0, 0.1) is 11.3 Å². The molecule has 0 unspecified atom stereocenters. The Labute approximate surface area is 230 Å². The average molecular weight is 550 g/mol. The Morgan fingerprint density at radius 1 is 1.05 bits per heavy atom. The fourth-order valence-electron chi connectivity index (χ4n) is 5.17. The van der Waals surface area contributed by atoms with Crippen LogP contribution < -0.4 is 9.46 Å². The summed E-state index contributed by atoms with van der Waals surface area (Å²) in [6.45, 7) is 1.16. The highest BCUT2D eigenvalue weighted by molar-refractivity contribution is 7.92. The van der Waals surface area contributed by atoms with Gasteiger partial charge in [0.05, 0.1) is 23.6 Å². The van der Waals surface area contributed by atoms with Gasteiger partial charge in [-0.1, -0.05) is 42.5 Å². The van der Waals surface area contributed by atoms with Gasteiger partial charge in [0, 0.05) is 25.2 Å². The van der Waals surface area contributed by atoms with Crippen molar-refractivity contribution in [2.45, 2.75) is 50.3 Å². The Hall–Kier alpha value is -3.58. The largest absolute Gasteiger partial charge is 0.506 e. The zero-order valence-electron chi connectivity index (χ0n) is 22.0. The third-order valence-corrected chi connectivity index (χ3v) is 7.69. The van der Waals surface area contributed by atoms with Crippen LogP contribution in [0.5, 0.6) is 11.5 Å². The molecule has 0 radical (unpaired) electrons. The van der Waals surface area contributed by atoms with Crippen molar-refractivity contribution >= 4 is 15.7 Å². The topological polar surface area (TPSA) is 123 Å². The summed E-state index contributed by atoms with van der Waals surface area (Å²) in [4.78, 5) is 2.33. The molecule has 0 heterocycles. The predicted molar refractivity (Wildman–Crippen MR) is 151 cm³/mol. The molecule has 206 valence electrons. The van der Waals surface area contributed by atoms with Crippen molar-refractivity contribution in [2.75, 3.05) is 24.1 Å². The molecule has 0 spiro atoms. The van der Waals surface area contributed by atoms with Crippen LogP contribution in [-0.4, -0.2) is 55.1 Å². The van der Waals surface area contributed by atoms with E-state index in [4.69, 9.17) is 10.00 Å². The molecule has 9 heteroatoms. The highest BCUT2D eigenvalue weighted by atomic mass is 32.2. The minimum atomic E-state index is -3.57. The van der Waals surface area contributed by atoms with Gasteiger partial charge in [0.15, 0.2) is 0 Å². The van der Waals surface area contributed by atoms with Crippen molar-refractivity contribution in [1.29, 1.82) is 5.26 Å². The highest BCUT2D eigenvalue weighted by Gasteiger charge is 2.28. The molecule has 39 heavy (non-hydrogen) atoms. The van der Waals surface area contributed by atoms with Crippen molar-refractivity contribution in [1.82, 2.24) is 4.90 Å². The Balaban J connectivity index is 1.38. The summed E-state index contributed by atoms with van der Waals surface area (Å²) in [5.41, 5.74) is 3.14. The lowest BCUT2D eigenvalue weighted by Crippen LogP contribution is -2.43. The first-order valence-electron chi connectivity index (χ1n) is 13.1. The maximum absolute atomic E-state index is 11.6. The van der Waals surface area contributed by atoms with Gasteiger partial charge >= 0.3 is 0 Å². The number of phenols is 1. The van der Waals surface area contributed by atoms with Crippen molar-refractivity contribution in [2.24, 2.45) is 0 Å². The van der Waals surface area contributed by atoms with E-state index in [1.54, 1.807) is 0 Å². The van der Waals surface area contributed by atoms with Gasteiger partial charge in [-0.15, -0.1) is 0 Å². The van der Waals surface area contributed by atoms with E-state index in [0.29, 0.717) is 36.4 Å². The zero-order chi connectivity index (χ0) is 27.8. The standard InChI is InChI=1S/C30H35N3O5S/c1-39(36,37)32-29-17-28(15-16-30(29)35)38-21-27(34)20-33(19-23-5-3-2-4-6-23)26-13-11-25(12-14-26)24-9-7-22(18-31)8-10-24/h2-10,15-17,25-27,32,34-35H,11-14,19-21H2,1H3/t25-,26-,27-/m0/s1. The molecule has 1 atom stereocenters. The van der Waals surface area contributed by atoms with Crippen LogP contribution in [0.3, 0.4) is 0 Å². The lowest BCUT2D eigenvalue weighted by atomic mass is 9.81. The fraction of sp³-hybridized carbons (Fsp3) is 0.367. The quantitative estimate of drug-likeness (QED) is 0.299. The second-order valence-electron chi connectivity index (χ2n) is 10.2. The summed E-state index contributed by atoms with van der Waals surface area (Å²) in [7, 11) is -3.57. The zero-order valence-corrected chi connectivity index (χ0v) is 22.8. The number of aliphatic hydroxyl groups is 1. The van der Waals surface area contributed by atoms with Crippen LogP contribution in [0.2, 0.25) is 0 Å². The molecule has 4 rings (SSSR count). The van der Waals surface area contributed by atoms with Crippen LogP contribution in [0.25, 0.3) is 0 Å². The average Bonchev–Trinajstić information content (AvgIpc) is 2.93. The molecule has 0 bridgehead atoms. The summed E-state index contributed by atoms with van der Waals surface area (Å²) in [6.07, 6.45) is 4.32. The van der Waals surface area contributed by atoms with E-state index in [0.717, 1.165) is 31.9 Å². The van der Waals surface area contributed by atoms with Gasteiger partial charge in [-0.3, -0.25) is 9.62 Å². The van der Waals surface area contributed by atoms with Gasteiger partial charge < -0.3 is 14.9 Å². The van der Waals surface area contributed by atoms with Crippen LogP contribution in [0.4, 0.5) is 5.69 Å². The first-order valence-corrected chi connectivity index (χ1v) is 15.0. The van der Waals surface area contributed by atoms with E-state index >= 15 is 0 Å². The highest BCUT2D eigenvalue weighted by Crippen LogP contribution is 2.35. The minimum absolute atomic E-state index is 0.0224. The Morgan fingerprint density at radius 2 is 1.74 bits per heavy atom. The molecule has 0 aliphatic heterocycles. The number of ether oxygens (including phenoxy) is 1. The Kier molecular flexibility index (Phi) is 9.46. The van der Waals surface area contributed by atoms with Gasteiger partial charge in [-0.05, 0) is 67.0 Å². The summed E-state index contributed by atoms with van der Waals surface area (Å²) in [5.74, 6) is 0.597. The van der Waals surface area contributed by atoms with Gasteiger partial charge in [-0.25, -0.2) is 8.42 Å². The molecule has 1 aliphatic carbocycles. The summed E-state index contributed by atoms with van der Waals surface area (Å²) < 4.78 is 31.1. The number of benzene rings is 3. The molecule has 0 amide bonds. The second-order valence-corrected chi connectivity index (χ2v) is 11.9. The number of phenolic OH excluding ortho intramolecular Hbond substituents is 1. The van der Waals surface area contributed by atoms with Crippen LogP contribution in [0.1, 0.15) is 48.3 Å². The van der Waals surface area contributed by atoms with E-state index in [-0.39, 0.29) is 18.0 Å². The fourth-order valence-corrected chi connectivity index (χ4v) is 5.73. The molecule has 0 aromatic heterocycles. The number of nitrogens with one attached hydrogen (secondary N) is 1. The SMILES string of the molecule is CS(=O)(=O)Nc1cc(OC[C@@H](O)CN(Cc2ccccc2)[C@H]2CC[C@H](c3ccc(C#N)cc3)CC2)ccc1O. The normalized spacial score (nSPS) is 18.3. The third-order valence-electron chi connectivity index (χ3n) is 7.10. The van der Waals surface area contributed by atoms with Gasteiger partial charge in [0.2, 0.25) is 10.0 Å². The molecule has 1 aliphatic rings. The van der Waals surface area contributed by atoms with Crippen molar-refractivity contribution in [3.63, 3.8) is 0 Å². The number of rotatable bonds is 11. The Morgan fingerprint density at radius 3 is 2.38 bits per heavy atom. The Bertz CT molecular complexity index is 1370. The molecular weight excluding hydrogens is 514 g/mol. The van der Waals surface area contributed by atoms with Crippen molar-refractivity contribution < 1.29 is 23.4 Å². The van der Waals surface area contributed by atoms with Gasteiger partial charge in [0.1, 0.15) is 24.2 Å². The molecule has 1 fully saturated rings. The maximum atomic E-state index is 11.6. The molecule has 1 saturated carbocycles. The molecule has 3 aromatic rings. The van der Waals surface area contributed by atoms with Crippen molar-refractivity contribution in [3.8, 4) is 17.6 Å². The van der Waals surface area contributed by atoms with Crippen molar-refractivity contribution in [3.05, 3.63) is 89.5 Å². The summed E-state index contributed by atoms with van der Waals surface area (Å²) in [5, 5.41) is 29.9. The number of sulfonamides is 1. The smallest absolute Gasteiger partial charge is 0.229 e. The number of nitrogens with zero attached hydrogens (tertiary/aromatic N) is 2. The van der Waals surface area contributed by atoms with E-state index in [2.05, 4.69) is 40.0 Å². The van der Waals surface area contributed by atoms with E-state index in [9.17, 15) is 18.6 Å². The third kappa shape index (κ3) is 8.45. The van der Waals surface area contributed by atoms with Crippen LogP contribution in [0.15, 0.2) is 72.8 Å². The van der Waals surface area contributed by atoms with Gasteiger partial charge in [0.25, 0.3) is 0 Å². The first kappa shape index (κ1) is 28.4. The van der Waals surface area contributed by atoms with Crippen LogP contribution >= 0.6 is 0 Å². The number of aromatic hydroxyl groups is 1. The lowest BCUT2D eigenvalue weighted by Gasteiger charge is -2.38. The monoisotopic (exact) mass is 549 g/mol. The number of hydrogen-bond acceptors (Lipinski definition) is 7. The van der Waals surface area contributed by atoms with E-state index in [1.165, 1.54) is 29.3 Å². The predicted octanol–water partition coefficient (Wildman–Crippen LogP) is 4.60. The number of nitriles is 1. The summed E-state index contributed by atoms with van der Waals surface area (Å²) in [6, 6.07) is 24.9. The molecular formula is C30H35N3O5S. The molecule has 0 saturated heterocycles. The lowest BCUT2D eigenvalue weighted by molar-refractivity contribution is 0.0384. The maximum Gasteiger partial charge on any atom is 0.229 e. The van der Waals surface area contributed by atoms with E-state index < -0.39 is 16.1 Å². The second kappa shape index (κ2) is 13.0. The van der Waals surface area contributed by atoms with Crippen LogP contribution in [-0.2, 0) is 16.6 Å². The van der Waals surface area contributed by atoms with E-state index in [1.807, 2.05) is 30.3 Å². The minimum Gasteiger partial charge on any atom is -0.506 e. The molecule has 3 aromatic carbocycles. The van der Waals surface area contributed by atoms with Gasteiger partial charge in [-0.2, -0.15) is 5.26 Å². The number of aliphatic hydroxyl groups excluding tert-OH is 1. The molecule has 3 N–H and O–H groups in total. The molecule has 8 nitrogen and oxygen atoms in total. The first-order chi connectivity index (χ1) is 18.7. The summed E-state index contributed by atoms with van der Waals surface area (Å²) >= 11 is 0. The number of hydrogen-bond donors (Lipinski definition) is 3.